The molecule has 18 heavy (non-hydrogen) atoms. The first-order valence-corrected chi connectivity index (χ1v) is 5.77. The van der Waals surface area contributed by atoms with Gasteiger partial charge in [0.05, 0.1) is 0 Å². The summed E-state index contributed by atoms with van der Waals surface area (Å²) >= 11 is 5.66. The summed E-state index contributed by atoms with van der Waals surface area (Å²) in [6, 6.07) is 5.26. The summed E-state index contributed by atoms with van der Waals surface area (Å²) in [5, 5.41) is 7.40. The van der Waals surface area contributed by atoms with Crippen LogP contribution in [0.25, 0.3) is 0 Å². The van der Waals surface area contributed by atoms with Crippen molar-refractivity contribution >= 4 is 11.6 Å². The van der Waals surface area contributed by atoms with Crippen LogP contribution in [0.4, 0.5) is 8.78 Å². The molecule has 3 nitrogen and oxygen atoms in total. The highest BCUT2D eigenvalue weighted by Crippen LogP contribution is 2.35. The topological polar surface area (TPSA) is 38.9 Å². The molecule has 0 aliphatic carbocycles. The van der Waals surface area contributed by atoms with Gasteiger partial charge in [0.25, 0.3) is 5.89 Å². The minimum atomic E-state index is -3.31. The molecule has 0 radical (unpaired) electrons. The van der Waals surface area contributed by atoms with Crippen molar-refractivity contribution < 1.29 is 13.2 Å². The Kier molecular flexibility index (Phi) is 3.34. The van der Waals surface area contributed by atoms with Crippen molar-refractivity contribution in [3.63, 3.8) is 0 Å². The molecule has 0 fully saturated rings. The summed E-state index contributed by atoms with van der Waals surface area (Å²) < 4.78 is 33.1. The largest absolute Gasteiger partial charge is 0.419 e. The van der Waals surface area contributed by atoms with Crippen LogP contribution in [0.15, 0.2) is 28.7 Å². The zero-order chi connectivity index (χ0) is 13.3. The maximum absolute atomic E-state index is 14.1. The number of nitrogens with zero attached hydrogens (tertiary/aromatic N) is 2. The van der Waals surface area contributed by atoms with E-state index in [1.807, 2.05) is 0 Å². The molecule has 0 aliphatic rings. The number of hydrogen-bond donors (Lipinski definition) is 0. The Bertz CT molecular complexity index is 537. The molecule has 96 valence electrons. The maximum Gasteiger partial charge on any atom is 0.349 e. The van der Waals surface area contributed by atoms with Gasteiger partial charge < -0.3 is 4.42 Å². The summed E-state index contributed by atoms with van der Waals surface area (Å²) in [6.45, 7) is 3.58. The summed E-state index contributed by atoms with van der Waals surface area (Å²) in [6.07, 6.45) is 0. The van der Waals surface area contributed by atoms with Crippen LogP contribution in [0.2, 0.25) is 5.02 Å². The van der Waals surface area contributed by atoms with Gasteiger partial charge in [-0.15, -0.1) is 10.2 Å². The van der Waals surface area contributed by atoms with Crippen LogP contribution in [0.3, 0.4) is 0 Å². The van der Waals surface area contributed by atoms with Crippen molar-refractivity contribution in [2.24, 2.45) is 0 Å². The van der Waals surface area contributed by atoms with E-state index in [2.05, 4.69) is 10.2 Å². The van der Waals surface area contributed by atoms with Crippen LogP contribution in [0.1, 0.15) is 37.1 Å². The summed E-state index contributed by atoms with van der Waals surface area (Å²) in [7, 11) is 0. The SMILES string of the molecule is CC(C)c1nnc(C(F)(F)c2ccc(Cl)cc2)o1. The normalized spacial score (nSPS) is 12.1. The fourth-order valence-electron chi connectivity index (χ4n) is 1.38. The maximum atomic E-state index is 14.1. The van der Waals surface area contributed by atoms with Crippen molar-refractivity contribution in [2.45, 2.75) is 25.7 Å². The predicted molar refractivity (Wildman–Crippen MR) is 62.8 cm³/mol. The molecule has 0 unspecified atom stereocenters. The van der Waals surface area contributed by atoms with Crippen molar-refractivity contribution in [3.8, 4) is 0 Å². The van der Waals surface area contributed by atoms with E-state index in [0.717, 1.165) is 0 Å². The average molecular weight is 273 g/mol. The number of aromatic nitrogens is 2. The molecule has 0 atom stereocenters. The van der Waals surface area contributed by atoms with Crippen molar-refractivity contribution in [2.75, 3.05) is 0 Å². The first kappa shape index (κ1) is 13.0. The molecular formula is C12H11ClF2N2O. The Morgan fingerprint density at radius 3 is 2.28 bits per heavy atom. The van der Waals surface area contributed by atoms with Crippen LogP contribution in [-0.2, 0) is 5.92 Å². The van der Waals surface area contributed by atoms with Gasteiger partial charge in [-0.3, -0.25) is 0 Å². The van der Waals surface area contributed by atoms with E-state index < -0.39 is 11.8 Å². The van der Waals surface area contributed by atoms with Gasteiger partial charge >= 0.3 is 5.92 Å². The van der Waals surface area contributed by atoms with E-state index >= 15 is 0 Å². The van der Waals surface area contributed by atoms with E-state index in [-0.39, 0.29) is 17.4 Å². The predicted octanol–water partition coefficient (Wildman–Crippen LogP) is 3.99. The Labute approximate surface area is 108 Å². The molecule has 1 aromatic carbocycles. The minimum Gasteiger partial charge on any atom is -0.419 e. The number of benzene rings is 1. The lowest BCUT2D eigenvalue weighted by Gasteiger charge is -2.12. The summed E-state index contributed by atoms with van der Waals surface area (Å²) in [5.74, 6) is -3.91. The standard InChI is InChI=1S/C12H11ClF2N2O/c1-7(2)10-16-17-11(18-10)12(14,15)8-3-5-9(13)6-4-8/h3-7H,1-2H3. The average Bonchev–Trinajstić information content (AvgIpc) is 2.79. The molecule has 0 aliphatic heterocycles. The van der Waals surface area contributed by atoms with E-state index in [1.165, 1.54) is 24.3 Å². The molecule has 2 aromatic rings. The van der Waals surface area contributed by atoms with Gasteiger partial charge in [-0.05, 0) is 12.1 Å². The first-order chi connectivity index (χ1) is 8.41. The van der Waals surface area contributed by atoms with Crippen LogP contribution in [0.5, 0.6) is 0 Å². The molecule has 1 aromatic heterocycles. The van der Waals surface area contributed by atoms with Crippen molar-refractivity contribution in [3.05, 3.63) is 46.6 Å². The quantitative estimate of drug-likeness (QED) is 0.848. The molecule has 2 rings (SSSR count). The Morgan fingerprint density at radius 2 is 1.78 bits per heavy atom. The molecule has 1 heterocycles. The number of alkyl halides is 2. The van der Waals surface area contributed by atoms with Gasteiger partial charge in [-0.2, -0.15) is 8.78 Å². The Hall–Kier alpha value is -1.49. The highest BCUT2D eigenvalue weighted by atomic mass is 35.5. The van der Waals surface area contributed by atoms with Gasteiger partial charge in [-0.1, -0.05) is 37.6 Å². The second-order valence-electron chi connectivity index (χ2n) is 4.18. The second kappa shape index (κ2) is 4.65. The van der Waals surface area contributed by atoms with Crippen molar-refractivity contribution in [1.29, 1.82) is 0 Å². The third-order valence-electron chi connectivity index (χ3n) is 2.41. The second-order valence-corrected chi connectivity index (χ2v) is 4.62. The lowest BCUT2D eigenvalue weighted by Crippen LogP contribution is -2.15. The lowest BCUT2D eigenvalue weighted by atomic mass is 10.1. The van der Waals surface area contributed by atoms with E-state index in [1.54, 1.807) is 13.8 Å². The fourth-order valence-corrected chi connectivity index (χ4v) is 1.50. The smallest absolute Gasteiger partial charge is 0.349 e. The van der Waals surface area contributed by atoms with Crippen LogP contribution in [0, 0.1) is 0 Å². The monoisotopic (exact) mass is 272 g/mol. The number of hydrogen-bond acceptors (Lipinski definition) is 3. The number of halogens is 3. The van der Waals surface area contributed by atoms with E-state index in [0.29, 0.717) is 5.02 Å². The molecule has 0 saturated carbocycles. The fraction of sp³-hybridized carbons (Fsp3) is 0.333. The molecule has 0 N–H and O–H groups in total. The Morgan fingerprint density at radius 1 is 1.17 bits per heavy atom. The summed E-state index contributed by atoms with van der Waals surface area (Å²) in [4.78, 5) is 0. The highest BCUT2D eigenvalue weighted by Gasteiger charge is 2.40. The van der Waals surface area contributed by atoms with Gasteiger partial charge in [-0.25, -0.2) is 0 Å². The third-order valence-corrected chi connectivity index (χ3v) is 2.66. The molecule has 0 amide bonds. The first-order valence-electron chi connectivity index (χ1n) is 5.39. The molecule has 6 heteroatoms. The van der Waals surface area contributed by atoms with E-state index in [4.69, 9.17) is 16.0 Å². The van der Waals surface area contributed by atoms with Crippen LogP contribution >= 0.6 is 11.6 Å². The van der Waals surface area contributed by atoms with Crippen LogP contribution in [-0.4, -0.2) is 10.2 Å². The van der Waals surface area contributed by atoms with Gasteiger partial charge in [0, 0.05) is 16.5 Å². The minimum absolute atomic E-state index is 0.0905. The lowest BCUT2D eigenvalue weighted by molar-refractivity contribution is 0.0118. The number of rotatable bonds is 3. The van der Waals surface area contributed by atoms with Crippen LogP contribution < -0.4 is 0 Å². The van der Waals surface area contributed by atoms with Gasteiger partial charge in [0.15, 0.2) is 0 Å². The zero-order valence-corrected chi connectivity index (χ0v) is 10.6. The molecule has 0 spiro atoms. The zero-order valence-electron chi connectivity index (χ0n) is 9.82. The molecule has 0 bridgehead atoms. The van der Waals surface area contributed by atoms with E-state index in [9.17, 15) is 8.78 Å². The Balaban J connectivity index is 2.37. The highest BCUT2D eigenvalue weighted by molar-refractivity contribution is 6.30. The van der Waals surface area contributed by atoms with Crippen molar-refractivity contribution in [1.82, 2.24) is 10.2 Å². The molecular weight excluding hydrogens is 262 g/mol. The van der Waals surface area contributed by atoms with Gasteiger partial charge in [0.2, 0.25) is 5.89 Å². The van der Waals surface area contributed by atoms with Gasteiger partial charge in [0.1, 0.15) is 0 Å². The molecule has 0 saturated heterocycles. The summed E-state index contributed by atoms with van der Waals surface area (Å²) in [5.41, 5.74) is -0.231. The third kappa shape index (κ3) is 2.36.